The van der Waals surface area contributed by atoms with Crippen LogP contribution in [0.3, 0.4) is 0 Å². The Labute approximate surface area is 177 Å². The highest BCUT2D eigenvalue weighted by Gasteiger charge is 2.23. The Kier molecular flexibility index (Phi) is 10.1. The minimum Gasteiger partial charge on any atom is -0.486 e. The van der Waals surface area contributed by atoms with Crippen LogP contribution < -0.4 is 10.1 Å². The van der Waals surface area contributed by atoms with Gasteiger partial charge in [-0.2, -0.15) is 0 Å². The van der Waals surface area contributed by atoms with Crippen LogP contribution in [0.4, 0.5) is 0 Å². The van der Waals surface area contributed by atoms with Crippen molar-refractivity contribution in [3.05, 3.63) is 45.9 Å². The first-order valence-corrected chi connectivity index (χ1v) is 9.60. The molecule has 1 fully saturated rings. The van der Waals surface area contributed by atoms with Gasteiger partial charge >= 0.3 is 0 Å². The molecule has 150 valence electrons. The van der Waals surface area contributed by atoms with Crippen LogP contribution in [0.25, 0.3) is 0 Å². The number of likely N-dealkylation sites (tertiary alicyclic amines) is 1. The average Bonchev–Trinajstić information content (AvgIpc) is 3.08. The van der Waals surface area contributed by atoms with Gasteiger partial charge in [0.05, 0.1) is 12.1 Å². The van der Waals surface area contributed by atoms with Gasteiger partial charge in [0.1, 0.15) is 17.4 Å². The molecule has 1 N–H and O–H groups in total. The van der Waals surface area contributed by atoms with E-state index >= 15 is 0 Å². The fourth-order valence-electron chi connectivity index (χ4n) is 2.98. The molecule has 0 saturated carbocycles. The molecule has 5 nitrogen and oxygen atoms in total. The lowest BCUT2D eigenvalue weighted by atomic mass is 10.1. The summed E-state index contributed by atoms with van der Waals surface area (Å²) in [6.45, 7) is 4.13. The summed E-state index contributed by atoms with van der Waals surface area (Å²) in [5.74, 6) is 1.00. The highest BCUT2D eigenvalue weighted by Crippen LogP contribution is 2.17. The van der Waals surface area contributed by atoms with Crippen LogP contribution in [0.2, 0.25) is 0 Å². The molecule has 1 aromatic heterocycles. The molecule has 2 aromatic rings. The van der Waals surface area contributed by atoms with Gasteiger partial charge in [0, 0.05) is 24.5 Å². The van der Waals surface area contributed by atoms with Crippen molar-refractivity contribution in [3.8, 4) is 5.75 Å². The molecule has 0 aliphatic carbocycles. The summed E-state index contributed by atoms with van der Waals surface area (Å²) in [6, 6.07) is 8.38. The van der Waals surface area contributed by atoms with E-state index in [1.54, 1.807) is 11.3 Å². The first kappa shape index (κ1) is 23.7. The van der Waals surface area contributed by atoms with Crippen molar-refractivity contribution in [2.24, 2.45) is 0 Å². The van der Waals surface area contributed by atoms with Crippen LogP contribution in [0.15, 0.2) is 29.6 Å². The molecule has 1 aromatic carbocycles. The van der Waals surface area contributed by atoms with Gasteiger partial charge in [0.15, 0.2) is 0 Å². The minimum absolute atomic E-state index is 0. The number of benzene rings is 1. The predicted molar refractivity (Wildman–Crippen MR) is 114 cm³/mol. The number of rotatable bonds is 6. The molecule has 1 unspecified atom stereocenters. The number of carbonyl (C=O) groups excluding carboxylic acids is 1. The van der Waals surface area contributed by atoms with E-state index in [1.807, 2.05) is 41.6 Å². The Balaban J connectivity index is 0.00000182. The van der Waals surface area contributed by atoms with Crippen molar-refractivity contribution in [1.82, 2.24) is 15.2 Å². The van der Waals surface area contributed by atoms with Crippen molar-refractivity contribution >= 4 is 42.1 Å². The Morgan fingerprint density at radius 1 is 1.33 bits per heavy atom. The number of nitrogens with one attached hydrogen (secondary N) is 1. The molecule has 27 heavy (non-hydrogen) atoms. The summed E-state index contributed by atoms with van der Waals surface area (Å²) in [6.07, 6.45) is 2.57. The van der Waals surface area contributed by atoms with E-state index in [2.05, 4.69) is 17.2 Å². The molecule has 0 radical (unpaired) electrons. The number of aromatic nitrogens is 1. The monoisotopic (exact) mass is 431 g/mol. The van der Waals surface area contributed by atoms with Gasteiger partial charge < -0.3 is 15.0 Å². The van der Waals surface area contributed by atoms with Gasteiger partial charge in [0.25, 0.3) is 0 Å². The smallest absolute Gasteiger partial charge is 0.228 e. The summed E-state index contributed by atoms with van der Waals surface area (Å²) in [4.78, 5) is 19.0. The van der Waals surface area contributed by atoms with Crippen LogP contribution in [0.1, 0.15) is 29.1 Å². The average molecular weight is 432 g/mol. The molecule has 1 saturated heterocycles. The van der Waals surface area contributed by atoms with Crippen molar-refractivity contribution in [2.45, 2.75) is 38.8 Å². The molecule has 1 aliphatic rings. The fraction of sp³-hybridized carbons (Fsp3) is 0.474. The van der Waals surface area contributed by atoms with Gasteiger partial charge in [0.2, 0.25) is 5.91 Å². The number of carbonyl (C=O) groups is 1. The molecule has 2 heterocycles. The van der Waals surface area contributed by atoms with E-state index in [0.717, 1.165) is 42.4 Å². The van der Waals surface area contributed by atoms with E-state index in [4.69, 9.17) is 4.74 Å². The molecule has 1 aliphatic heterocycles. The standard InChI is InChI=1S/C19H25N3O2S.2ClH/c1-14-5-7-17(8-6-14)24-12-18-21-16(13-25-18)10-19(23)22-9-3-4-15(11-22)20-2;;/h5-8,13,15,20H,3-4,9-12H2,1-2H3;2*1H. The van der Waals surface area contributed by atoms with Gasteiger partial charge in [-0.1, -0.05) is 17.7 Å². The Bertz CT molecular complexity index is 709. The summed E-state index contributed by atoms with van der Waals surface area (Å²) in [7, 11) is 1.96. The van der Waals surface area contributed by atoms with E-state index in [0.29, 0.717) is 19.1 Å². The van der Waals surface area contributed by atoms with Crippen LogP contribution >= 0.6 is 36.2 Å². The van der Waals surface area contributed by atoms with E-state index in [9.17, 15) is 4.79 Å². The number of halogens is 2. The van der Waals surface area contributed by atoms with Gasteiger partial charge in [-0.25, -0.2) is 4.98 Å². The maximum absolute atomic E-state index is 12.5. The number of aryl methyl sites for hydroxylation is 1. The lowest BCUT2D eigenvalue weighted by molar-refractivity contribution is -0.131. The first-order chi connectivity index (χ1) is 12.1. The SMILES string of the molecule is CNC1CCCN(C(=O)Cc2csc(COc3ccc(C)cc3)n2)C1.Cl.Cl. The Hall–Kier alpha value is -1.34. The van der Waals surface area contributed by atoms with Crippen LogP contribution in [0, 0.1) is 6.92 Å². The second kappa shape index (κ2) is 11.5. The quantitative estimate of drug-likeness (QED) is 0.758. The number of hydrogen-bond acceptors (Lipinski definition) is 5. The number of thiazole rings is 1. The zero-order chi connectivity index (χ0) is 17.6. The van der Waals surface area contributed by atoms with Crippen LogP contribution in [-0.2, 0) is 17.8 Å². The fourth-order valence-corrected chi connectivity index (χ4v) is 3.69. The molecule has 8 heteroatoms. The molecular formula is C19H27Cl2N3O2S. The molecule has 1 amide bonds. The van der Waals surface area contributed by atoms with Crippen LogP contribution in [-0.4, -0.2) is 42.0 Å². The summed E-state index contributed by atoms with van der Waals surface area (Å²) < 4.78 is 5.75. The van der Waals surface area contributed by atoms with Gasteiger partial charge in [-0.15, -0.1) is 36.2 Å². The van der Waals surface area contributed by atoms with Crippen LogP contribution in [0.5, 0.6) is 5.75 Å². The van der Waals surface area contributed by atoms with Crippen molar-refractivity contribution in [3.63, 3.8) is 0 Å². The largest absolute Gasteiger partial charge is 0.486 e. The maximum Gasteiger partial charge on any atom is 0.228 e. The third kappa shape index (κ3) is 6.96. The first-order valence-electron chi connectivity index (χ1n) is 8.72. The third-order valence-electron chi connectivity index (χ3n) is 4.50. The topological polar surface area (TPSA) is 54.5 Å². The second-order valence-electron chi connectivity index (χ2n) is 6.48. The van der Waals surface area contributed by atoms with Crippen molar-refractivity contribution < 1.29 is 9.53 Å². The summed E-state index contributed by atoms with van der Waals surface area (Å²) in [5, 5.41) is 6.13. The zero-order valence-electron chi connectivity index (χ0n) is 15.6. The molecule has 3 rings (SSSR count). The van der Waals surface area contributed by atoms with E-state index < -0.39 is 0 Å². The van der Waals surface area contributed by atoms with Crippen molar-refractivity contribution in [1.29, 1.82) is 0 Å². The second-order valence-corrected chi connectivity index (χ2v) is 7.42. The van der Waals surface area contributed by atoms with E-state index in [-0.39, 0.29) is 30.7 Å². The number of piperidine rings is 1. The van der Waals surface area contributed by atoms with Gasteiger partial charge in [-0.05, 0) is 38.9 Å². The normalized spacial score (nSPS) is 16.2. The van der Waals surface area contributed by atoms with E-state index in [1.165, 1.54) is 5.56 Å². The summed E-state index contributed by atoms with van der Waals surface area (Å²) in [5.41, 5.74) is 2.05. The minimum atomic E-state index is 0. The Morgan fingerprint density at radius 2 is 2.07 bits per heavy atom. The third-order valence-corrected chi connectivity index (χ3v) is 5.37. The van der Waals surface area contributed by atoms with Gasteiger partial charge in [-0.3, -0.25) is 4.79 Å². The Morgan fingerprint density at radius 3 is 2.78 bits per heavy atom. The highest BCUT2D eigenvalue weighted by molar-refractivity contribution is 7.09. The molecule has 0 spiro atoms. The number of likely N-dealkylation sites (N-methyl/N-ethyl adjacent to an activating group) is 1. The summed E-state index contributed by atoms with van der Waals surface area (Å²) >= 11 is 1.55. The lowest BCUT2D eigenvalue weighted by Gasteiger charge is -2.32. The predicted octanol–water partition coefficient (Wildman–Crippen LogP) is 3.63. The molecular weight excluding hydrogens is 405 g/mol. The number of amides is 1. The van der Waals surface area contributed by atoms with Crippen molar-refractivity contribution in [2.75, 3.05) is 20.1 Å². The maximum atomic E-state index is 12.5. The lowest BCUT2D eigenvalue weighted by Crippen LogP contribution is -2.47. The molecule has 0 bridgehead atoms. The highest BCUT2D eigenvalue weighted by atomic mass is 35.5. The molecule has 1 atom stereocenters. The number of nitrogens with zero attached hydrogens (tertiary/aromatic N) is 2. The zero-order valence-corrected chi connectivity index (χ0v) is 18.1. The number of ether oxygens (including phenoxy) is 1. The number of hydrogen-bond donors (Lipinski definition) is 1.